The number of benzene rings is 1. The minimum Gasteiger partial charge on any atom is -0.508 e. The van der Waals surface area contributed by atoms with Gasteiger partial charge in [0.25, 0.3) is 5.91 Å². The highest BCUT2D eigenvalue weighted by Gasteiger charge is 2.10. The molecule has 2 N–H and O–H groups in total. The Hall–Kier alpha value is -2.30. The average molecular weight is 218 g/mol. The van der Waals surface area contributed by atoms with Crippen LogP contribution in [0.15, 0.2) is 35.1 Å². The standard InChI is InChI=1S/C11H10N2O3/c1-7-6-8(14)2-3-9(7)12-11(15)10-4-5-16-13-10/h2-6,14H,1H3,(H,12,15). The molecule has 16 heavy (non-hydrogen) atoms. The zero-order valence-electron chi connectivity index (χ0n) is 8.60. The van der Waals surface area contributed by atoms with Gasteiger partial charge < -0.3 is 14.9 Å². The van der Waals surface area contributed by atoms with Gasteiger partial charge in [0.2, 0.25) is 0 Å². The summed E-state index contributed by atoms with van der Waals surface area (Å²) in [6.07, 6.45) is 1.33. The molecule has 0 saturated heterocycles. The number of phenols is 1. The minimum atomic E-state index is -0.345. The maximum absolute atomic E-state index is 11.6. The molecule has 5 nitrogen and oxygen atoms in total. The molecule has 0 spiro atoms. The van der Waals surface area contributed by atoms with Crippen molar-refractivity contribution in [1.29, 1.82) is 0 Å². The molecule has 1 aromatic heterocycles. The molecule has 0 aliphatic carbocycles. The van der Waals surface area contributed by atoms with Gasteiger partial charge in [0.1, 0.15) is 12.0 Å². The van der Waals surface area contributed by atoms with E-state index in [-0.39, 0.29) is 17.4 Å². The number of carbonyl (C=O) groups is 1. The molecule has 1 amide bonds. The Morgan fingerprint density at radius 3 is 2.88 bits per heavy atom. The lowest BCUT2D eigenvalue weighted by Crippen LogP contribution is -2.12. The van der Waals surface area contributed by atoms with Crippen LogP contribution in [0.5, 0.6) is 5.75 Å². The lowest BCUT2D eigenvalue weighted by Gasteiger charge is -2.06. The van der Waals surface area contributed by atoms with Crippen LogP contribution >= 0.6 is 0 Å². The smallest absolute Gasteiger partial charge is 0.277 e. The number of hydrogen-bond acceptors (Lipinski definition) is 4. The zero-order valence-corrected chi connectivity index (χ0v) is 8.60. The predicted octanol–water partition coefficient (Wildman–Crippen LogP) is 1.94. The van der Waals surface area contributed by atoms with Crippen LogP contribution in [-0.4, -0.2) is 16.2 Å². The normalized spacial score (nSPS) is 10.1. The van der Waals surface area contributed by atoms with E-state index in [1.165, 1.54) is 18.4 Å². The third kappa shape index (κ3) is 2.03. The Labute approximate surface area is 91.7 Å². The number of carbonyl (C=O) groups excluding carboxylic acids is 1. The number of aryl methyl sites for hydroxylation is 1. The van der Waals surface area contributed by atoms with Gasteiger partial charge in [-0.1, -0.05) is 5.16 Å². The van der Waals surface area contributed by atoms with Gasteiger partial charge in [-0.2, -0.15) is 0 Å². The van der Waals surface area contributed by atoms with Gasteiger partial charge in [-0.05, 0) is 30.7 Å². The molecule has 0 bridgehead atoms. The van der Waals surface area contributed by atoms with Crippen LogP contribution in [0.4, 0.5) is 5.69 Å². The fourth-order valence-corrected chi connectivity index (χ4v) is 1.30. The maximum atomic E-state index is 11.6. The largest absolute Gasteiger partial charge is 0.508 e. The first-order valence-corrected chi connectivity index (χ1v) is 4.68. The first-order chi connectivity index (χ1) is 7.66. The fraction of sp³-hybridized carbons (Fsp3) is 0.0909. The van der Waals surface area contributed by atoms with E-state index in [1.54, 1.807) is 19.1 Å². The summed E-state index contributed by atoms with van der Waals surface area (Å²) >= 11 is 0. The number of rotatable bonds is 2. The zero-order chi connectivity index (χ0) is 11.5. The molecule has 5 heteroatoms. The molecule has 2 aromatic rings. The number of nitrogens with zero attached hydrogens (tertiary/aromatic N) is 1. The summed E-state index contributed by atoms with van der Waals surface area (Å²) in [5, 5.41) is 15.4. The van der Waals surface area contributed by atoms with Crippen LogP contribution in [-0.2, 0) is 0 Å². The number of aromatic nitrogens is 1. The van der Waals surface area contributed by atoms with Gasteiger partial charge in [0.15, 0.2) is 5.69 Å². The molecule has 0 radical (unpaired) electrons. The summed E-state index contributed by atoms with van der Waals surface area (Å²) in [5.41, 5.74) is 1.62. The third-order valence-electron chi connectivity index (χ3n) is 2.13. The second kappa shape index (κ2) is 4.06. The van der Waals surface area contributed by atoms with Crippen molar-refractivity contribution < 1.29 is 14.4 Å². The Balaban J connectivity index is 2.18. The Morgan fingerprint density at radius 1 is 1.44 bits per heavy atom. The highest BCUT2D eigenvalue weighted by molar-refractivity contribution is 6.03. The fourth-order valence-electron chi connectivity index (χ4n) is 1.30. The summed E-state index contributed by atoms with van der Waals surface area (Å²) < 4.78 is 4.57. The molecule has 2 rings (SSSR count). The molecule has 1 heterocycles. The van der Waals surface area contributed by atoms with Gasteiger partial charge in [0.05, 0.1) is 0 Å². The van der Waals surface area contributed by atoms with E-state index >= 15 is 0 Å². The van der Waals surface area contributed by atoms with Crippen LogP contribution in [0.25, 0.3) is 0 Å². The molecule has 0 saturated carbocycles. The lowest BCUT2D eigenvalue weighted by atomic mass is 10.2. The molecule has 1 aromatic carbocycles. The number of hydrogen-bond donors (Lipinski definition) is 2. The van der Waals surface area contributed by atoms with E-state index < -0.39 is 0 Å². The van der Waals surface area contributed by atoms with Crippen LogP contribution in [0.1, 0.15) is 16.1 Å². The van der Waals surface area contributed by atoms with Crippen molar-refractivity contribution in [2.45, 2.75) is 6.92 Å². The molecule has 0 aliphatic rings. The van der Waals surface area contributed by atoms with Crippen molar-refractivity contribution in [3.05, 3.63) is 41.8 Å². The molecule has 0 aliphatic heterocycles. The van der Waals surface area contributed by atoms with Gasteiger partial charge in [0, 0.05) is 11.8 Å². The summed E-state index contributed by atoms with van der Waals surface area (Å²) in [4.78, 5) is 11.6. The summed E-state index contributed by atoms with van der Waals surface area (Å²) in [7, 11) is 0. The Morgan fingerprint density at radius 2 is 2.25 bits per heavy atom. The molecular formula is C11H10N2O3. The van der Waals surface area contributed by atoms with Crippen molar-refractivity contribution in [3.8, 4) is 5.75 Å². The van der Waals surface area contributed by atoms with Crippen molar-refractivity contribution in [2.75, 3.05) is 5.32 Å². The molecule has 0 fully saturated rings. The van der Waals surface area contributed by atoms with E-state index in [0.717, 1.165) is 5.56 Å². The van der Waals surface area contributed by atoms with E-state index in [2.05, 4.69) is 15.0 Å². The number of aromatic hydroxyl groups is 1. The second-order valence-corrected chi connectivity index (χ2v) is 3.34. The highest BCUT2D eigenvalue weighted by atomic mass is 16.5. The Bertz CT molecular complexity index is 506. The average Bonchev–Trinajstić information content (AvgIpc) is 2.75. The third-order valence-corrected chi connectivity index (χ3v) is 2.13. The van der Waals surface area contributed by atoms with E-state index in [0.29, 0.717) is 5.69 Å². The number of amides is 1. The lowest BCUT2D eigenvalue weighted by molar-refractivity contribution is 0.101. The SMILES string of the molecule is Cc1cc(O)ccc1NC(=O)c1ccon1. The van der Waals surface area contributed by atoms with E-state index in [4.69, 9.17) is 0 Å². The summed E-state index contributed by atoms with van der Waals surface area (Å²) in [6.45, 7) is 1.79. The monoisotopic (exact) mass is 218 g/mol. The minimum absolute atomic E-state index is 0.164. The number of phenolic OH excluding ortho intramolecular Hbond substituents is 1. The van der Waals surface area contributed by atoms with Gasteiger partial charge in [-0.15, -0.1) is 0 Å². The number of anilines is 1. The highest BCUT2D eigenvalue weighted by Crippen LogP contribution is 2.20. The van der Waals surface area contributed by atoms with E-state index in [1.807, 2.05) is 0 Å². The summed E-state index contributed by atoms with van der Waals surface area (Å²) in [6, 6.07) is 6.18. The summed E-state index contributed by atoms with van der Waals surface area (Å²) in [5.74, 6) is -0.181. The second-order valence-electron chi connectivity index (χ2n) is 3.34. The van der Waals surface area contributed by atoms with E-state index in [9.17, 15) is 9.90 Å². The first kappa shape index (κ1) is 10.2. The van der Waals surface area contributed by atoms with Crippen molar-refractivity contribution in [3.63, 3.8) is 0 Å². The van der Waals surface area contributed by atoms with Gasteiger partial charge in [-0.25, -0.2) is 0 Å². The maximum Gasteiger partial charge on any atom is 0.277 e. The molecular weight excluding hydrogens is 208 g/mol. The van der Waals surface area contributed by atoms with Crippen molar-refractivity contribution in [2.24, 2.45) is 0 Å². The molecule has 82 valence electrons. The van der Waals surface area contributed by atoms with Crippen LogP contribution < -0.4 is 5.32 Å². The van der Waals surface area contributed by atoms with Gasteiger partial charge >= 0.3 is 0 Å². The van der Waals surface area contributed by atoms with Gasteiger partial charge in [-0.3, -0.25) is 4.79 Å². The van der Waals surface area contributed by atoms with Crippen LogP contribution in [0, 0.1) is 6.92 Å². The molecule has 0 unspecified atom stereocenters. The quantitative estimate of drug-likeness (QED) is 0.755. The number of nitrogens with one attached hydrogen (secondary N) is 1. The van der Waals surface area contributed by atoms with Crippen LogP contribution in [0.3, 0.4) is 0 Å². The Kier molecular flexibility index (Phi) is 2.59. The van der Waals surface area contributed by atoms with Crippen molar-refractivity contribution >= 4 is 11.6 Å². The van der Waals surface area contributed by atoms with Crippen molar-refractivity contribution in [1.82, 2.24) is 5.16 Å². The first-order valence-electron chi connectivity index (χ1n) is 4.68. The topological polar surface area (TPSA) is 75.4 Å². The molecule has 0 atom stereocenters. The van der Waals surface area contributed by atoms with Crippen LogP contribution in [0.2, 0.25) is 0 Å². The predicted molar refractivity (Wildman–Crippen MR) is 57.3 cm³/mol.